The van der Waals surface area contributed by atoms with Crippen LogP contribution in [0, 0.1) is 6.92 Å². The summed E-state index contributed by atoms with van der Waals surface area (Å²) in [6, 6.07) is 6.36. The van der Waals surface area contributed by atoms with Crippen molar-refractivity contribution in [1.82, 2.24) is 4.98 Å². The highest BCUT2D eigenvalue weighted by Gasteiger charge is 2.16. The lowest BCUT2D eigenvalue weighted by Gasteiger charge is -2.21. The molecule has 1 aromatic carbocycles. The summed E-state index contributed by atoms with van der Waals surface area (Å²) in [4.78, 5) is 5.73. The summed E-state index contributed by atoms with van der Waals surface area (Å²) in [7, 11) is 0. The molecule has 0 radical (unpaired) electrons. The first-order valence-corrected chi connectivity index (χ1v) is 7.93. The van der Waals surface area contributed by atoms with Gasteiger partial charge in [-0.1, -0.05) is 19.3 Å². The standard InChI is InChI=1S/C16H20N2S/c1-11-9-13-14(10-18-11)15(17)7-8-16(13)19-12-5-3-2-4-6-12/h7-10,12H,2-6,17H2,1H3. The van der Waals surface area contributed by atoms with Crippen molar-refractivity contribution < 1.29 is 0 Å². The molecule has 2 N–H and O–H groups in total. The van der Waals surface area contributed by atoms with Crippen LogP contribution < -0.4 is 5.73 Å². The van der Waals surface area contributed by atoms with E-state index in [1.807, 2.05) is 30.9 Å². The Hall–Kier alpha value is -1.22. The number of nitrogens with two attached hydrogens (primary N) is 1. The largest absolute Gasteiger partial charge is 0.398 e. The van der Waals surface area contributed by atoms with Gasteiger partial charge in [-0.3, -0.25) is 4.98 Å². The molecular formula is C16H20N2S. The first-order chi connectivity index (χ1) is 9.24. The van der Waals surface area contributed by atoms with Crippen LogP contribution in [0.2, 0.25) is 0 Å². The van der Waals surface area contributed by atoms with Gasteiger partial charge in [0.25, 0.3) is 0 Å². The SMILES string of the molecule is Cc1cc2c(SC3CCCCC3)ccc(N)c2cn1. The van der Waals surface area contributed by atoms with Crippen molar-refractivity contribution in [3.8, 4) is 0 Å². The van der Waals surface area contributed by atoms with Crippen molar-refractivity contribution in [1.29, 1.82) is 0 Å². The third-order valence-corrected chi connectivity index (χ3v) is 5.29. The van der Waals surface area contributed by atoms with Crippen molar-refractivity contribution >= 4 is 28.2 Å². The molecule has 100 valence electrons. The second-order valence-electron chi connectivity index (χ2n) is 5.40. The number of anilines is 1. The molecular weight excluding hydrogens is 252 g/mol. The van der Waals surface area contributed by atoms with Crippen LogP contribution >= 0.6 is 11.8 Å². The van der Waals surface area contributed by atoms with Gasteiger partial charge < -0.3 is 5.73 Å². The van der Waals surface area contributed by atoms with Crippen LogP contribution in [0.4, 0.5) is 5.69 Å². The minimum Gasteiger partial charge on any atom is -0.398 e. The van der Waals surface area contributed by atoms with Crippen molar-refractivity contribution in [2.24, 2.45) is 0 Å². The Kier molecular flexibility index (Phi) is 3.65. The fourth-order valence-corrected chi connectivity index (χ4v) is 4.17. The lowest BCUT2D eigenvalue weighted by Crippen LogP contribution is -2.07. The van der Waals surface area contributed by atoms with Gasteiger partial charge >= 0.3 is 0 Å². The summed E-state index contributed by atoms with van der Waals surface area (Å²) >= 11 is 2.03. The summed E-state index contributed by atoms with van der Waals surface area (Å²) < 4.78 is 0. The van der Waals surface area contributed by atoms with Gasteiger partial charge in [0.2, 0.25) is 0 Å². The smallest absolute Gasteiger partial charge is 0.0410 e. The quantitative estimate of drug-likeness (QED) is 0.815. The summed E-state index contributed by atoms with van der Waals surface area (Å²) in [5, 5.41) is 3.13. The van der Waals surface area contributed by atoms with E-state index < -0.39 is 0 Å². The number of hydrogen-bond acceptors (Lipinski definition) is 3. The number of aromatic nitrogens is 1. The number of aryl methyl sites for hydroxylation is 1. The minimum atomic E-state index is 0.772. The van der Waals surface area contributed by atoms with E-state index in [-0.39, 0.29) is 0 Å². The second-order valence-corrected chi connectivity index (χ2v) is 6.74. The molecule has 2 nitrogen and oxygen atoms in total. The summed E-state index contributed by atoms with van der Waals surface area (Å²) in [5.41, 5.74) is 7.95. The molecule has 1 aromatic heterocycles. The van der Waals surface area contributed by atoms with Crippen LogP contribution in [-0.4, -0.2) is 10.2 Å². The van der Waals surface area contributed by atoms with Crippen LogP contribution in [0.25, 0.3) is 10.8 Å². The molecule has 0 spiro atoms. The van der Waals surface area contributed by atoms with Crippen LogP contribution in [0.3, 0.4) is 0 Å². The van der Waals surface area contributed by atoms with E-state index in [0.29, 0.717) is 0 Å². The first kappa shape index (κ1) is 12.8. The topological polar surface area (TPSA) is 38.9 Å². The molecule has 1 heterocycles. The van der Waals surface area contributed by atoms with Gasteiger partial charge in [-0.15, -0.1) is 11.8 Å². The zero-order valence-electron chi connectivity index (χ0n) is 11.4. The summed E-state index contributed by atoms with van der Waals surface area (Å²) in [6.07, 6.45) is 8.77. The third kappa shape index (κ3) is 2.71. The minimum absolute atomic E-state index is 0.772. The number of rotatable bonds is 2. The predicted molar refractivity (Wildman–Crippen MR) is 83.6 cm³/mol. The van der Waals surface area contributed by atoms with Crippen LogP contribution in [0.15, 0.2) is 29.3 Å². The number of nitrogens with zero attached hydrogens (tertiary/aromatic N) is 1. The number of nitrogen functional groups attached to an aromatic ring is 1. The van der Waals surface area contributed by atoms with E-state index in [0.717, 1.165) is 22.0 Å². The molecule has 0 unspecified atom stereocenters. The van der Waals surface area contributed by atoms with E-state index in [1.54, 1.807) is 0 Å². The highest BCUT2D eigenvalue weighted by Crippen LogP contribution is 2.38. The molecule has 1 fully saturated rings. The Balaban J connectivity index is 1.98. The van der Waals surface area contributed by atoms with Crippen molar-refractivity contribution in [2.75, 3.05) is 5.73 Å². The molecule has 0 saturated heterocycles. The normalized spacial score (nSPS) is 16.9. The van der Waals surface area contributed by atoms with Gasteiger partial charge in [0, 0.05) is 38.5 Å². The first-order valence-electron chi connectivity index (χ1n) is 7.05. The molecule has 0 bridgehead atoms. The third-order valence-electron chi connectivity index (χ3n) is 3.88. The summed E-state index contributed by atoms with van der Waals surface area (Å²) in [6.45, 7) is 2.04. The average molecular weight is 272 g/mol. The second kappa shape index (κ2) is 5.41. The fourth-order valence-electron chi connectivity index (χ4n) is 2.80. The molecule has 1 aliphatic carbocycles. The van der Waals surface area contributed by atoms with E-state index in [4.69, 9.17) is 5.73 Å². The van der Waals surface area contributed by atoms with Crippen LogP contribution in [-0.2, 0) is 0 Å². The van der Waals surface area contributed by atoms with Crippen molar-refractivity contribution in [3.05, 3.63) is 30.1 Å². The summed E-state index contributed by atoms with van der Waals surface area (Å²) in [5.74, 6) is 0. The highest BCUT2D eigenvalue weighted by atomic mass is 32.2. The Bertz CT molecular complexity index is 589. The maximum absolute atomic E-state index is 6.06. The molecule has 0 atom stereocenters. The number of benzene rings is 1. The van der Waals surface area contributed by atoms with Crippen molar-refractivity contribution in [3.63, 3.8) is 0 Å². The maximum Gasteiger partial charge on any atom is 0.0410 e. The van der Waals surface area contributed by atoms with E-state index >= 15 is 0 Å². The van der Waals surface area contributed by atoms with E-state index in [9.17, 15) is 0 Å². The number of hydrogen-bond donors (Lipinski definition) is 1. The van der Waals surface area contributed by atoms with E-state index in [1.165, 1.54) is 42.4 Å². The van der Waals surface area contributed by atoms with Gasteiger partial charge in [-0.05, 0) is 38.0 Å². The monoisotopic (exact) mass is 272 g/mol. The molecule has 0 amide bonds. The van der Waals surface area contributed by atoms with Crippen LogP contribution in [0.1, 0.15) is 37.8 Å². The molecule has 3 heteroatoms. The molecule has 1 aliphatic rings. The zero-order valence-corrected chi connectivity index (χ0v) is 12.2. The molecule has 1 saturated carbocycles. The Morgan fingerprint density at radius 3 is 2.74 bits per heavy atom. The predicted octanol–water partition coefficient (Wildman–Crippen LogP) is 4.55. The van der Waals surface area contributed by atoms with E-state index in [2.05, 4.69) is 17.1 Å². The fraction of sp³-hybridized carbons (Fsp3) is 0.438. The Morgan fingerprint density at radius 2 is 1.95 bits per heavy atom. The number of thioether (sulfide) groups is 1. The highest BCUT2D eigenvalue weighted by molar-refractivity contribution is 8.00. The average Bonchev–Trinajstić information content (AvgIpc) is 2.43. The van der Waals surface area contributed by atoms with Crippen molar-refractivity contribution in [2.45, 2.75) is 49.2 Å². The molecule has 0 aliphatic heterocycles. The maximum atomic E-state index is 6.06. The molecule has 2 aromatic rings. The lowest BCUT2D eigenvalue weighted by atomic mass is 10.0. The van der Waals surface area contributed by atoms with Gasteiger partial charge in [0.1, 0.15) is 0 Å². The Labute approximate surface area is 118 Å². The molecule has 3 rings (SSSR count). The number of fused-ring (bicyclic) bond motifs is 1. The molecule has 19 heavy (non-hydrogen) atoms. The lowest BCUT2D eigenvalue weighted by molar-refractivity contribution is 0.516. The number of pyridine rings is 1. The zero-order chi connectivity index (χ0) is 13.2. The van der Waals surface area contributed by atoms with Gasteiger partial charge in [-0.25, -0.2) is 0 Å². The van der Waals surface area contributed by atoms with Gasteiger partial charge in [-0.2, -0.15) is 0 Å². The Morgan fingerprint density at radius 1 is 1.16 bits per heavy atom. The van der Waals surface area contributed by atoms with Crippen LogP contribution in [0.5, 0.6) is 0 Å². The van der Waals surface area contributed by atoms with Gasteiger partial charge in [0.05, 0.1) is 0 Å². The van der Waals surface area contributed by atoms with Gasteiger partial charge in [0.15, 0.2) is 0 Å².